The maximum absolute atomic E-state index is 12.6. The van der Waals surface area contributed by atoms with Crippen LogP contribution in [0.3, 0.4) is 0 Å². The molecule has 0 amide bonds. The van der Waals surface area contributed by atoms with E-state index in [0.717, 1.165) is 9.87 Å². The fraction of sp³-hybridized carbons (Fsp3) is 0.550. The second-order valence-electron chi connectivity index (χ2n) is 8.14. The number of anilines is 1. The van der Waals surface area contributed by atoms with Crippen LogP contribution in [0.5, 0.6) is 0 Å². The molecule has 0 bridgehead atoms. The predicted octanol–water partition coefficient (Wildman–Crippen LogP) is 2.98. The third-order valence-electron chi connectivity index (χ3n) is 6.08. The number of piperazine rings is 1. The van der Waals surface area contributed by atoms with Crippen LogP contribution < -0.4 is 4.90 Å². The summed E-state index contributed by atoms with van der Waals surface area (Å²) in [6.45, 7) is 0.405. The van der Waals surface area contributed by atoms with Gasteiger partial charge >= 0.3 is 6.18 Å². The molecule has 0 atom stereocenters. The minimum atomic E-state index is -4.77. The highest BCUT2D eigenvalue weighted by Crippen LogP contribution is 2.43. The number of hydrogen-bond acceptors (Lipinski definition) is 7. The molecule has 0 radical (unpaired) electrons. The van der Waals surface area contributed by atoms with Crippen molar-refractivity contribution in [2.24, 2.45) is 0 Å². The molecule has 32 heavy (non-hydrogen) atoms. The lowest BCUT2D eigenvalue weighted by molar-refractivity contribution is -0.121. The SMILES string of the molecule is O=C1CCC(c2ccccc2)(c2nsc(N3CCN(S(=O)(=O)CC(F)(F)F)CC3)n2)CC1. The number of ketones is 1. The minimum absolute atomic E-state index is 0.0361. The molecule has 1 aliphatic heterocycles. The van der Waals surface area contributed by atoms with E-state index >= 15 is 0 Å². The molecule has 1 aromatic carbocycles. The molecule has 2 aromatic rings. The Morgan fingerprint density at radius 1 is 1.03 bits per heavy atom. The van der Waals surface area contributed by atoms with Crippen molar-refractivity contribution in [1.29, 1.82) is 0 Å². The maximum atomic E-state index is 12.6. The summed E-state index contributed by atoms with van der Waals surface area (Å²) in [5, 5.41) is 0.611. The normalized spacial score (nSPS) is 20.5. The van der Waals surface area contributed by atoms with Crippen LogP contribution in [-0.2, 0) is 20.2 Å². The molecule has 4 rings (SSSR count). The number of rotatable bonds is 5. The van der Waals surface area contributed by atoms with Crippen LogP contribution in [0.15, 0.2) is 30.3 Å². The Labute approximate surface area is 188 Å². The van der Waals surface area contributed by atoms with Gasteiger partial charge in [0.1, 0.15) is 5.78 Å². The van der Waals surface area contributed by atoms with Crippen molar-refractivity contribution in [3.05, 3.63) is 41.7 Å². The molecule has 1 aliphatic carbocycles. The quantitative estimate of drug-likeness (QED) is 0.644. The van der Waals surface area contributed by atoms with Gasteiger partial charge in [0.25, 0.3) is 0 Å². The van der Waals surface area contributed by atoms with E-state index in [9.17, 15) is 26.4 Å². The second-order valence-corrected chi connectivity index (χ2v) is 10.8. The average Bonchev–Trinajstić information content (AvgIpc) is 3.24. The predicted molar refractivity (Wildman–Crippen MR) is 114 cm³/mol. The Bertz CT molecular complexity index is 1060. The maximum Gasteiger partial charge on any atom is 0.404 e. The highest BCUT2D eigenvalue weighted by Gasteiger charge is 2.42. The van der Waals surface area contributed by atoms with E-state index in [-0.39, 0.29) is 32.0 Å². The zero-order valence-corrected chi connectivity index (χ0v) is 18.8. The van der Waals surface area contributed by atoms with Crippen LogP contribution in [0.25, 0.3) is 0 Å². The standard InChI is InChI=1S/C20H23F3N4O3S2/c21-20(22,23)14-32(29,30)27-12-10-26(11-13-27)18-24-17(25-31-18)19(8-6-16(28)7-9-19)15-4-2-1-3-5-15/h1-5H,6-14H2. The first-order valence-electron chi connectivity index (χ1n) is 10.3. The molecule has 7 nitrogen and oxygen atoms in total. The largest absolute Gasteiger partial charge is 0.404 e. The zero-order chi connectivity index (χ0) is 23.0. The Kier molecular flexibility index (Phi) is 6.29. The molecule has 1 saturated carbocycles. The molecule has 0 spiro atoms. The second kappa shape index (κ2) is 8.71. The lowest BCUT2D eigenvalue weighted by Crippen LogP contribution is -2.50. The Morgan fingerprint density at radius 3 is 2.25 bits per heavy atom. The smallest absolute Gasteiger partial charge is 0.344 e. The van der Waals surface area contributed by atoms with Crippen molar-refractivity contribution < 1.29 is 26.4 Å². The highest BCUT2D eigenvalue weighted by atomic mass is 32.2. The number of carbonyl (C=O) groups is 1. The number of Topliss-reactive ketones (excluding diaryl/α,β-unsaturated/α-hetero) is 1. The van der Waals surface area contributed by atoms with Crippen molar-refractivity contribution >= 4 is 32.5 Å². The monoisotopic (exact) mass is 488 g/mol. The number of aromatic nitrogens is 2. The van der Waals surface area contributed by atoms with Crippen LogP contribution in [0.1, 0.15) is 37.1 Å². The molecule has 2 aliphatic rings. The summed E-state index contributed by atoms with van der Waals surface area (Å²) < 4.78 is 67.2. The fourth-order valence-electron chi connectivity index (χ4n) is 4.35. The van der Waals surface area contributed by atoms with E-state index in [1.165, 1.54) is 11.5 Å². The number of hydrogen-bond donors (Lipinski definition) is 0. The van der Waals surface area contributed by atoms with Gasteiger partial charge in [-0.1, -0.05) is 30.3 Å². The molecular formula is C20H23F3N4O3S2. The molecule has 1 saturated heterocycles. The van der Waals surface area contributed by atoms with Crippen LogP contribution in [0.2, 0.25) is 0 Å². The fourth-order valence-corrected chi connectivity index (χ4v) is 6.47. The summed E-state index contributed by atoms with van der Waals surface area (Å²) in [4.78, 5) is 18.5. The number of alkyl halides is 3. The summed E-state index contributed by atoms with van der Waals surface area (Å²) >= 11 is 1.19. The van der Waals surface area contributed by atoms with Gasteiger partial charge in [-0.15, -0.1) is 0 Å². The van der Waals surface area contributed by atoms with Gasteiger partial charge in [-0.05, 0) is 18.4 Å². The molecule has 2 fully saturated rings. The summed E-state index contributed by atoms with van der Waals surface area (Å²) in [5.74, 6) is -0.979. The third-order valence-corrected chi connectivity index (χ3v) is 8.70. The lowest BCUT2D eigenvalue weighted by Gasteiger charge is -2.35. The summed E-state index contributed by atoms with van der Waals surface area (Å²) in [7, 11) is -4.39. The number of sulfonamides is 1. The number of halogens is 3. The molecule has 174 valence electrons. The van der Waals surface area contributed by atoms with Crippen LogP contribution in [0.4, 0.5) is 18.3 Å². The number of nitrogens with zero attached hydrogens (tertiary/aromatic N) is 4. The first-order valence-corrected chi connectivity index (χ1v) is 12.7. The summed E-state index contributed by atoms with van der Waals surface area (Å²) in [6.07, 6.45) is -2.61. The van der Waals surface area contributed by atoms with E-state index in [1.54, 1.807) is 0 Å². The van der Waals surface area contributed by atoms with Crippen molar-refractivity contribution in [3.8, 4) is 0 Å². The summed E-state index contributed by atoms with van der Waals surface area (Å²) in [5.41, 5.74) is 0.599. The van der Waals surface area contributed by atoms with Gasteiger partial charge in [0.05, 0.1) is 5.41 Å². The van der Waals surface area contributed by atoms with Gasteiger partial charge in [-0.25, -0.2) is 13.4 Å². The lowest BCUT2D eigenvalue weighted by atomic mass is 9.68. The first-order chi connectivity index (χ1) is 15.1. The van der Waals surface area contributed by atoms with E-state index in [2.05, 4.69) is 4.37 Å². The third kappa shape index (κ3) is 4.81. The van der Waals surface area contributed by atoms with Gasteiger partial charge in [0.2, 0.25) is 15.2 Å². The molecule has 12 heteroatoms. The number of benzene rings is 1. The summed E-state index contributed by atoms with van der Waals surface area (Å²) in [6, 6.07) is 9.85. The van der Waals surface area contributed by atoms with Gasteiger partial charge < -0.3 is 4.90 Å². The molecule has 2 heterocycles. The van der Waals surface area contributed by atoms with Crippen molar-refractivity contribution in [2.75, 3.05) is 36.8 Å². The highest BCUT2D eigenvalue weighted by molar-refractivity contribution is 7.89. The zero-order valence-electron chi connectivity index (χ0n) is 17.2. The van der Waals surface area contributed by atoms with Crippen molar-refractivity contribution in [1.82, 2.24) is 13.7 Å². The van der Waals surface area contributed by atoms with E-state index in [0.29, 0.717) is 36.6 Å². The Balaban J connectivity index is 1.51. The molecule has 0 N–H and O–H groups in total. The molecule has 0 unspecified atom stereocenters. The minimum Gasteiger partial charge on any atom is -0.344 e. The number of carbonyl (C=O) groups excluding carboxylic acids is 1. The van der Waals surface area contributed by atoms with Crippen LogP contribution >= 0.6 is 11.5 Å². The van der Waals surface area contributed by atoms with Crippen LogP contribution in [-0.4, -0.2) is 66.0 Å². The topological polar surface area (TPSA) is 83.5 Å². The van der Waals surface area contributed by atoms with E-state index in [1.807, 2.05) is 35.2 Å². The van der Waals surface area contributed by atoms with Crippen molar-refractivity contribution in [3.63, 3.8) is 0 Å². The first kappa shape index (κ1) is 23.1. The van der Waals surface area contributed by atoms with E-state index < -0.39 is 27.4 Å². The molecule has 1 aromatic heterocycles. The van der Waals surface area contributed by atoms with Gasteiger partial charge in [-0.2, -0.15) is 21.9 Å². The van der Waals surface area contributed by atoms with Crippen molar-refractivity contribution in [2.45, 2.75) is 37.3 Å². The Morgan fingerprint density at radius 2 is 1.66 bits per heavy atom. The van der Waals surface area contributed by atoms with Gasteiger partial charge in [0.15, 0.2) is 11.6 Å². The van der Waals surface area contributed by atoms with Gasteiger partial charge in [0, 0.05) is 50.6 Å². The van der Waals surface area contributed by atoms with E-state index in [4.69, 9.17) is 4.98 Å². The average molecular weight is 489 g/mol. The van der Waals surface area contributed by atoms with Crippen LogP contribution in [0, 0.1) is 0 Å². The molecular weight excluding hydrogens is 465 g/mol. The van der Waals surface area contributed by atoms with Gasteiger partial charge in [-0.3, -0.25) is 4.79 Å². The Hall–Kier alpha value is -2.05.